The zero-order valence-electron chi connectivity index (χ0n) is 30.2. The van der Waals surface area contributed by atoms with Crippen molar-refractivity contribution in [2.75, 3.05) is 13.6 Å². The van der Waals surface area contributed by atoms with Gasteiger partial charge in [-0.05, 0) is 78.0 Å². The Hall–Kier alpha value is -3.50. The lowest BCUT2D eigenvalue weighted by molar-refractivity contribution is -0.188. The first-order chi connectivity index (χ1) is 25.4. The predicted molar refractivity (Wildman–Crippen MR) is 201 cm³/mol. The van der Waals surface area contributed by atoms with Crippen molar-refractivity contribution in [1.82, 2.24) is 4.31 Å². The molecular weight excluding hydrogens is 774 g/mol. The maximum absolute atomic E-state index is 13.8. The second-order valence-electron chi connectivity index (χ2n) is 14.9. The van der Waals surface area contributed by atoms with Crippen LogP contribution in [0.5, 0.6) is 11.5 Å². The molecule has 6 atom stereocenters. The first-order valence-electron chi connectivity index (χ1n) is 17.6. The molecule has 0 spiro atoms. The molecule has 0 radical (unpaired) electrons. The number of hydrogen-bond acceptors (Lipinski definition) is 10. The first kappa shape index (κ1) is 38.8. The molecule has 15 heteroatoms. The van der Waals surface area contributed by atoms with E-state index in [9.17, 15) is 25.3 Å². The summed E-state index contributed by atoms with van der Waals surface area (Å²) in [7, 11) is -11.7. The van der Waals surface area contributed by atoms with E-state index in [2.05, 4.69) is 20.8 Å². The van der Waals surface area contributed by atoms with Gasteiger partial charge in [0.25, 0.3) is 0 Å². The van der Waals surface area contributed by atoms with Gasteiger partial charge in [-0.3, -0.25) is 0 Å². The van der Waals surface area contributed by atoms with Crippen LogP contribution in [-0.4, -0.2) is 55.5 Å². The molecule has 54 heavy (non-hydrogen) atoms. The minimum atomic E-state index is -4.54. The highest BCUT2D eigenvalue weighted by atomic mass is 35.5. The van der Waals surface area contributed by atoms with E-state index < -0.39 is 54.2 Å². The van der Waals surface area contributed by atoms with E-state index in [-0.39, 0.29) is 54.7 Å². The Kier molecular flexibility index (Phi) is 10.2. The highest BCUT2D eigenvalue weighted by molar-refractivity contribution is 7.89. The number of halogens is 1. The Bertz CT molecular complexity index is 2350. The van der Waals surface area contributed by atoms with Crippen LogP contribution in [-0.2, 0) is 39.7 Å². The Morgan fingerprint density at radius 3 is 1.80 bits per heavy atom. The molecule has 2 aliphatic carbocycles. The van der Waals surface area contributed by atoms with E-state index in [1.165, 1.54) is 73.8 Å². The van der Waals surface area contributed by atoms with Gasteiger partial charge >= 0.3 is 20.2 Å². The summed E-state index contributed by atoms with van der Waals surface area (Å²) in [6.07, 6.45) is 0.738. The van der Waals surface area contributed by atoms with E-state index in [1.54, 1.807) is 30.3 Å². The summed E-state index contributed by atoms with van der Waals surface area (Å²) in [5.41, 5.74) is 0.133. The number of hydrogen-bond donors (Lipinski definition) is 0. The molecule has 0 unspecified atom stereocenters. The van der Waals surface area contributed by atoms with Gasteiger partial charge in [0.1, 0.15) is 15.9 Å². The molecule has 2 saturated carbocycles. The Balaban J connectivity index is 1.29. The topological polar surface area (TPSA) is 143 Å². The van der Waals surface area contributed by atoms with Gasteiger partial charge in [0.2, 0.25) is 10.0 Å². The van der Waals surface area contributed by atoms with Crippen LogP contribution in [0.3, 0.4) is 0 Å². The summed E-state index contributed by atoms with van der Waals surface area (Å²) in [6.45, 7) is 6.57. The normalized spacial score (nSPS) is 25.4. The zero-order valence-corrected chi connectivity index (χ0v) is 33.4. The minimum Gasteiger partial charge on any atom is -0.375 e. The highest BCUT2D eigenvalue weighted by Crippen LogP contribution is 2.71. The smallest absolute Gasteiger partial charge is 0.339 e. The van der Waals surface area contributed by atoms with Gasteiger partial charge in [0.15, 0.2) is 17.8 Å². The molecule has 0 N–H and O–H groups in total. The van der Waals surface area contributed by atoms with Crippen molar-refractivity contribution in [3.63, 3.8) is 0 Å². The molecular formula is C39H42ClNO10S3. The average molecular weight is 816 g/mol. The van der Waals surface area contributed by atoms with E-state index in [0.717, 1.165) is 23.2 Å². The Morgan fingerprint density at radius 1 is 0.778 bits per heavy atom. The molecule has 3 fully saturated rings. The molecule has 0 aromatic heterocycles. The highest BCUT2D eigenvalue weighted by Gasteiger charge is 2.69. The first-order valence-corrected chi connectivity index (χ1v) is 22.2. The van der Waals surface area contributed by atoms with Crippen LogP contribution in [0.1, 0.15) is 51.7 Å². The molecule has 288 valence electrons. The van der Waals surface area contributed by atoms with Crippen LogP contribution >= 0.6 is 11.6 Å². The lowest BCUT2D eigenvalue weighted by Crippen LogP contribution is -2.38. The van der Waals surface area contributed by atoms with Crippen molar-refractivity contribution in [1.29, 1.82) is 0 Å². The molecule has 7 rings (SSSR count). The maximum Gasteiger partial charge on any atom is 0.339 e. The Labute approximate surface area is 322 Å². The number of sulfonamides is 1. The molecule has 4 aromatic rings. The van der Waals surface area contributed by atoms with E-state index in [1.807, 2.05) is 0 Å². The third-order valence-corrected chi connectivity index (χ3v) is 16.4. The molecule has 0 amide bonds. The fourth-order valence-electron chi connectivity index (χ4n) is 8.51. The summed E-state index contributed by atoms with van der Waals surface area (Å²) in [4.78, 5) is -0.328. The number of rotatable bonds is 13. The third-order valence-electron chi connectivity index (χ3n) is 11.7. The molecule has 2 bridgehead atoms. The Morgan fingerprint density at radius 2 is 1.28 bits per heavy atom. The maximum atomic E-state index is 13.8. The van der Waals surface area contributed by atoms with Gasteiger partial charge in [-0.2, -0.15) is 21.1 Å². The summed E-state index contributed by atoms with van der Waals surface area (Å²) in [5, 5.41) is -0.0837. The monoisotopic (exact) mass is 815 g/mol. The summed E-state index contributed by atoms with van der Waals surface area (Å²) in [6, 6.07) is 24.9. The molecule has 3 aliphatic rings. The standard InChI is InChI=1S/C39H42ClNO10S3/c1-38(2)31-20-21-39(38,3)37-29(31)23-36(49-37)48-35(25-41(4)52(42,43)26-14-8-5-9-15-26)30-22-33(50-53(44,45)27-16-10-6-11-17-27)34(24-32(30)40)51-54(46,47)28-18-12-7-13-19-28/h5-19,22,24,29,31,35-37H,20-21,23,25H2,1-4H3/t29-,31-,35+,36-,37-,39+/m1/s1. The van der Waals surface area contributed by atoms with Crippen LogP contribution in [0.15, 0.2) is 118 Å². The van der Waals surface area contributed by atoms with Gasteiger partial charge in [0.05, 0.1) is 16.0 Å². The fraction of sp³-hybridized carbons (Fsp3) is 0.385. The van der Waals surface area contributed by atoms with Crippen LogP contribution in [0.4, 0.5) is 0 Å². The number of ether oxygens (including phenoxy) is 2. The summed E-state index contributed by atoms with van der Waals surface area (Å²) >= 11 is 6.90. The number of benzene rings is 4. The van der Waals surface area contributed by atoms with E-state index >= 15 is 0 Å². The van der Waals surface area contributed by atoms with Crippen LogP contribution in [0.2, 0.25) is 5.02 Å². The van der Waals surface area contributed by atoms with Crippen LogP contribution < -0.4 is 8.37 Å². The lowest BCUT2D eigenvalue weighted by atomic mass is 9.70. The number of nitrogens with zero attached hydrogens (tertiary/aromatic N) is 1. The quantitative estimate of drug-likeness (QED) is 0.125. The van der Waals surface area contributed by atoms with Crippen LogP contribution in [0, 0.1) is 22.7 Å². The second-order valence-corrected chi connectivity index (χ2v) is 20.5. The third kappa shape index (κ3) is 6.95. The second kappa shape index (κ2) is 14.2. The summed E-state index contributed by atoms with van der Waals surface area (Å²) < 4.78 is 107. The van der Waals surface area contributed by atoms with Crippen molar-refractivity contribution in [2.45, 2.75) is 73.2 Å². The molecule has 1 heterocycles. The van der Waals surface area contributed by atoms with Crippen molar-refractivity contribution >= 4 is 41.9 Å². The van der Waals surface area contributed by atoms with Gasteiger partial charge in [-0.15, -0.1) is 0 Å². The fourth-order valence-corrected chi connectivity index (χ4v) is 11.9. The largest absolute Gasteiger partial charge is 0.375 e. The minimum absolute atomic E-state index is 0.0589. The van der Waals surface area contributed by atoms with Gasteiger partial charge in [-0.1, -0.05) is 87.0 Å². The molecule has 1 aliphatic heterocycles. The SMILES string of the molecule is CN(C[C@H](O[C@H]1C[C@@H]2[C@H]3CC[C@@](C)([C@@H]2O1)C3(C)C)c1cc(OS(=O)(=O)c2ccccc2)c(OS(=O)(=O)c2ccccc2)cc1Cl)S(=O)(=O)c1ccccc1. The van der Waals surface area contributed by atoms with E-state index in [4.69, 9.17) is 29.4 Å². The molecule has 1 saturated heterocycles. The number of likely N-dealkylation sites (N-methyl/N-ethyl adjacent to an activating group) is 1. The number of fused-ring (bicyclic) bond motifs is 5. The van der Waals surface area contributed by atoms with Crippen molar-refractivity contribution < 1.29 is 43.1 Å². The predicted octanol–water partition coefficient (Wildman–Crippen LogP) is 7.44. The van der Waals surface area contributed by atoms with Gasteiger partial charge < -0.3 is 17.8 Å². The van der Waals surface area contributed by atoms with Crippen molar-refractivity contribution in [3.8, 4) is 11.5 Å². The van der Waals surface area contributed by atoms with E-state index in [0.29, 0.717) is 12.3 Å². The van der Waals surface area contributed by atoms with Crippen molar-refractivity contribution in [2.24, 2.45) is 22.7 Å². The molecule has 4 aromatic carbocycles. The molecule has 11 nitrogen and oxygen atoms in total. The lowest BCUT2D eigenvalue weighted by Gasteiger charge is -2.39. The average Bonchev–Trinajstić information content (AvgIpc) is 3.72. The van der Waals surface area contributed by atoms with Crippen molar-refractivity contribution in [3.05, 3.63) is 114 Å². The summed E-state index contributed by atoms with van der Waals surface area (Å²) in [5.74, 6) is -0.346. The van der Waals surface area contributed by atoms with Gasteiger partial charge in [-0.25, -0.2) is 8.42 Å². The van der Waals surface area contributed by atoms with Gasteiger partial charge in [0, 0.05) is 31.6 Å². The van der Waals surface area contributed by atoms with Crippen LogP contribution in [0.25, 0.3) is 0 Å². The zero-order chi connectivity index (χ0) is 38.7.